The maximum atomic E-state index is 6.48. The second kappa shape index (κ2) is 13.4. The Morgan fingerprint density at radius 1 is 0.345 bits per heavy atom. The third kappa shape index (κ3) is 5.64. The van der Waals surface area contributed by atoms with Crippen LogP contribution in [0.4, 0.5) is 0 Å². The molecule has 0 bridgehead atoms. The van der Waals surface area contributed by atoms with Crippen molar-refractivity contribution in [1.82, 2.24) is 15.0 Å². The lowest BCUT2D eigenvalue weighted by atomic mass is 9.82. The minimum Gasteiger partial charge on any atom is -0.456 e. The van der Waals surface area contributed by atoms with Crippen LogP contribution in [0, 0.1) is 0 Å². The predicted octanol–water partition coefficient (Wildman–Crippen LogP) is 14.1. The summed E-state index contributed by atoms with van der Waals surface area (Å²) in [5, 5.41) is 1.99. The molecule has 0 N–H and O–H groups in total. The second-order valence-corrected chi connectivity index (χ2v) is 15.6. The van der Waals surface area contributed by atoms with E-state index in [1.54, 1.807) is 0 Å². The molecule has 1 aliphatic rings. The van der Waals surface area contributed by atoms with Gasteiger partial charge in [0.15, 0.2) is 17.5 Å². The monoisotopic (exact) mass is 743 g/mol. The van der Waals surface area contributed by atoms with Crippen LogP contribution in [0.2, 0.25) is 0 Å². The molecule has 0 saturated carbocycles. The van der Waals surface area contributed by atoms with Gasteiger partial charge >= 0.3 is 0 Å². The van der Waals surface area contributed by atoms with Crippen LogP contribution in [-0.2, 0) is 5.41 Å². The van der Waals surface area contributed by atoms with E-state index in [9.17, 15) is 0 Å². The molecule has 0 aliphatic heterocycles. The summed E-state index contributed by atoms with van der Waals surface area (Å²) in [6, 6.07) is 66.1. The van der Waals surface area contributed by atoms with Crippen molar-refractivity contribution in [2.24, 2.45) is 0 Å². The maximum Gasteiger partial charge on any atom is 0.164 e. The van der Waals surface area contributed by atoms with Crippen molar-refractivity contribution in [2.75, 3.05) is 0 Å². The van der Waals surface area contributed by atoms with Crippen molar-refractivity contribution in [3.8, 4) is 78.7 Å². The van der Waals surface area contributed by atoms with Gasteiger partial charge in [-0.05, 0) is 86.0 Å². The molecule has 0 unspecified atom stereocenters. The van der Waals surface area contributed by atoms with Crippen LogP contribution in [-0.4, -0.2) is 15.0 Å². The lowest BCUT2D eigenvalue weighted by Crippen LogP contribution is -2.14. The molecule has 8 aromatic carbocycles. The molecule has 10 aromatic rings. The SMILES string of the molecule is CC1(C)c2ccccc2-c2cc(-c3ccc(-c4ccc5oc6cccc(-c7nc(-c8ccccc8)nc(-c8cccc(-c9ccccc9)c8)n7)c6c5c4)cc3)ccc21. The van der Waals surface area contributed by atoms with Crippen LogP contribution in [0.25, 0.3) is 101 Å². The molecule has 2 aromatic heterocycles. The van der Waals surface area contributed by atoms with Crippen molar-refractivity contribution in [3.63, 3.8) is 0 Å². The third-order valence-electron chi connectivity index (χ3n) is 11.8. The molecule has 2 heterocycles. The lowest BCUT2D eigenvalue weighted by molar-refractivity contribution is 0.660. The highest BCUT2D eigenvalue weighted by Crippen LogP contribution is 2.49. The normalized spacial score (nSPS) is 12.8. The smallest absolute Gasteiger partial charge is 0.164 e. The van der Waals surface area contributed by atoms with Gasteiger partial charge in [0.1, 0.15) is 11.2 Å². The van der Waals surface area contributed by atoms with E-state index in [0.717, 1.165) is 60.9 Å². The number of aromatic nitrogens is 3. The average Bonchev–Trinajstić information content (AvgIpc) is 3.78. The summed E-state index contributed by atoms with van der Waals surface area (Å²) < 4.78 is 6.48. The molecular weight excluding hydrogens is 707 g/mol. The van der Waals surface area contributed by atoms with Gasteiger partial charge < -0.3 is 4.42 Å². The summed E-state index contributed by atoms with van der Waals surface area (Å²) in [6.45, 7) is 4.65. The van der Waals surface area contributed by atoms with Crippen LogP contribution < -0.4 is 0 Å². The van der Waals surface area contributed by atoms with Crippen LogP contribution >= 0.6 is 0 Å². The Balaban J connectivity index is 0.998. The first kappa shape index (κ1) is 33.9. The van der Waals surface area contributed by atoms with Gasteiger partial charge in [-0.2, -0.15) is 0 Å². The molecule has 0 fully saturated rings. The topological polar surface area (TPSA) is 51.8 Å². The Morgan fingerprint density at radius 3 is 1.64 bits per heavy atom. The number of furan rings is 1. The number of rotatable bonds is 6. The number of nitrogens with zero attached hydrogens (tertiary/aromatic N) is 3. The summed E-state index contributed by atoms with van der Waals surface area (Å²) in [4.78, 5) is 15.3. The predicted molar refractivity (Wildman–Crippen MR) is 237 cm³/mol. The molecule has 1 aliphatic carbocycles. The molecule has 0 radical (unpaired) electrons. The van der Waals surface area contributed by atoms with Gasteiger partial charge in [-0.25, -0.2) is 15.0 Å². The molecule has 0 saturated heterocycles. The highest BCUT2D eigenvalue weighted by molar-refractivity contribution is 6.12. The van der Waals surface area contributed by atoms with Crippen molar-refractivity contribution in [2.45, 2.75) is 19.3 Å². The van der Waals surface area contributed by atoms with Gasteiger partial charge in [-0.3, -0.25) is 0 Å². The number of hydrogen-bond donors (Lipinski definition) is 0. The Labute approximate surface area is 337 Å². The molecule has 0 amide bonds. The zero-order valence-corrected chi connectivity index (χ0v) is 32.1. The maximum absolute atomic E-state index is 6.48. The van der Waals surface area contributed by atoms with Crippen molar-refractivity contribution < 1.29 is 4.42 Å². The Morgan fingerprint density at radius 2 is 0.862 bits per heavy atom. The summed E-state index contributed by atoms with van der Waals surface area (Å²) in [5.41, 5.74) is 16.7. The van der Waals surface area contributed by atoms with Crippen molar-refractivity contribution in [3.05, 3.63) is 199 Å². The zero-order valence-electron chi connectivity index (χ0n) is 32.1. The Bertz CT molecular complexity index is 3180. The van der Waals surface area contributed by atoms with E-state index in [0.29, 0.717) is 17.5 Å². The second-order valence-electron chi connectivity index (χ2n) is 15.6. The largest absolute Gasteiger partial charge is 0.456 e. The van der Waals surface area contributed by atoms with E-state index >= 15 is 0 Å². The quantitative estimate of drug-likeness (QED) is 0.170. The molecule has 4 nitrogen and oxygen atoms in total. The molecular formula is C54H37N3O. The van der Waals surface area contributed by atoms with Crippen molar-refractivity contribution >= 4 is 21.9 Å². The first-order valence-electron chi connectivity index (χ1n) is 19.8. The number of fused-ring (bicyclic) bond motifs is 6. The fourth-order valence-electron chi connectivity index (χ4n) is 8.76. The number of hydrogen-bond acceptors (Lipinski definition) is 4. The highest BCUT2D eigenvalue weighted by atomic mass is 16.3. The van der Waals surface area contributed by atoms with E-state index in [4.69, 9.17) is 19.4 Å². The van der Waals surface area contributed by atoms with E-state index in [1.807, 2.05) is 48.5 Å². The van der Waals surface area contributed by atoms with Gasteiger partial charge in [-0.15, -0.1) is 0 Å². The van der Waals surface area contributed by atoms with E-state index < -0.39 is 0 Å². The Kier molecular flexibility index (Phi) is 7.80. The molecule has 4 heteroatoms. The average molecular weight is 744 g/mol. The molecule has 58 heavy (non-hydrogen) atoms. The van der Waals surface area contributed by atoms with Crippen LogP contribution in [0.5, 0.6) is 0 Å². The van der Waals surface area contributed by atoms with E-state index in [1.165, 1.54) is 33.4 Å². The Hall–Kier alpha value is -7.43. The molecule has 274 valence electrons. The van der Waals surface area contributed by atoms with Gasteiger partial charge in [-0.1, -0.05) is 172 Å². The standard InChI is InChI=1S/C54H37N3O/c1-54(2)46-21-10-9-19-42(46)44-32-39(27-29-47(44)54)35-23-25-36(26-24-35)40-28-30-48-45(33-40)50-43(20-12-22-49(50)58-48)53-56-51(37-15-7-4-8-16-37)55-52(57-53)41-18-11-17-38(31-41)34-13-5-3-6-14-34/h3-33H,1-2H3. The van der Waals surface area contributed by atoms with E-state index in [-0.39, 0.29) is 5.41 Å². The number of benzene rings is 8. The summed E-state index contributed by atoms with van der Waals surface area (Å²) in [7, 11) is 0. The first-order chi connectivity index (χ1) is 28.5. The van der Waals surface area contributed by atoms with Gasteiger partial charge in [0.05, 0.1) is 0 Å². The third-order valence-corrected chi connectivity index (χ3v) is 11.8. The first-order valence-corrected chi connectivity index (χ1v) is 19.8. The van der Waals surface area contributed by atoms with Gasteiger partial charge in [0.2, 0.25) is 0 Å². The van der Waals surface area contributed by atoms with Gasteiger partial charge in [0.25, 0.3) is 0 Å². The highest BCUT2D eigenvalue weighted by Gasteiger charge is 2.35. The zero-order chi connectivity index (χ0) is 38.8. The summed E-state index contributed by atoms with van der Waals surface area (Å²) >= 11 is 0. The molecule has 11 rings (SSSR count). The van der Waals surface area contributed by atoms with E-state index in [2.05, 4.69) is 153 Å². The molecule has 0 atom stereocenters. The van der Waals surface area contributed by atoms with Gasteiger partial charge in [0, 0.05) is 32.9 Å². The molecule has 0 spiro atoms. The summed E-state index contributed by atoms with van der Waals surface area (Å²) in [6.07, 6.45) is 0. The summed E-state index contributed by atoms with van der Waals surface area (Å²) in [5.74, 6) is 1.83. The lowest BCUT2D eigenvalue weighted by Gasteiger charge is -2.21. The van der Waals surface area contributed by atoms with Crippen molar-refractivity contribution in [1.29, 1.82) is 0 Å². The van der Waals surface area contributed by atoms with Crippen LogP contribution in [0.3, 0.4) is 0 Å². The van der Waals surface area contributed by atoms with Crippen LogP contribution in [0.1, 0.15) is 25.0 Å². The fourth-order valence-corrected chi connectivity index (χ4v) is 8.76. The minimum absolute atomic E-state index is 0.00539. The fraction of sp³-hybridized carbons (Fsp3) is 0.0556. The minimum atomic E-state index is -0.00539. The van der Waals surface area contributed by atoms with Crippen LogP contribution in [0.15, 0.2) is 192 Å².